The third kappa shape index (κ3) is 4.20. The minimum Gasteiger partial charge on any atom is -0.192 e. The molecule has 11 aromatic rings. The van der Waals surface area contributed by atoms with Crippen molar-refractivity contribution >= 4 is 96.1 Å². The molecule has 0 radical (unpaired) electrons. The SMILES string of the molecule is N#Cc1ccc(-c2ccc3cc(-c4ccc5c(c4)c4ccccc4c4cc6c(cc54)sc4c5ccccc5c5ccccc5c64)ccc3c2)cc1. The Balaban J connectivity index is 1.11. The highest BCUT2D eigenvalue weighted by Gasteiger charge is 2.17. The van der Waals surface area contributed by atoms with Gasteiger partial charge in [0.15, 0.2) is 0 Å². The van der Waals surface area contributed by atoms with E-state index in [4.69, 9.17) is 0 Å². The highest BCUT2D eigenvalue weighted by molar-refractivity contribution is 7.27. The van der Waals surface area contributed by atoms with Gasteiger partial charge in [-0.3, -0.25) is 0 Å². The highest BCUT2D eigenvalue weighted by atomic mass is 32.1. The van der Waals surface area contributed by atoms with Crippen LogP contribution in [0.5, 0.6) is 0 Å². The monoisotopic (exact) mass is 661 g/mol. The summed E-state index contributed by atoms with van der Waals surface area (Å²) in [4.78, 5) is 0. The van der Waals surface area contributed by atoms with Crippen LogP contribution in [0.4, 0.5) is 0 Å². The average molecular weight is 662 g/mol. The fraction of sp³-hybridized carbons (Fsp3) is 0. The van der Waals surface area contributed by atoms with Gasteiger partial charge in [-0.25, -0.2) is 0 Å². The molecule has 0 N–H and O–H groups in total. The number of hydrogen-bond acceptors (Lipinski definition) is 2. The average Bonchev–Trinajstić information content (AvgIpc) is 3.59. The molecule has 1 heterocycles. The van der Waals surface area contributed by atoms with Gasteiger partial charge in [-0.15, -0.1) is 11.3 Å². The summed E-state index contributed by atoms with van der Waals surface area (Å²) in [7, 11) is 0. The maximum absolute atomic E-state index is 9.19. The molecule has 0 aliphatic carbocycles. The van der Waals surface area contributed by atoms with E-state index in [1.165, 1.54) is 95.9 Å². The molecule has 0 saturated carbocycles. The lowest BCUT2D eigenvalue weighted by atomic mass is 9.90. The number of fused-ring (bicyclic) bond motifs is 15. The van der Waals surface area contributed by atoms with Crippen molar-refractivity contribution in [2.24, 2.45) is 0 Å². The minimum atomic E-state index is 0.677. The van der Waals surface area contributed by atoms with Crippen LogP contribution in [0.15, 0.2) is 164 Å². The molecule has 0 atom stereocenters. The van der Waals surface area contributed by atoms with Crippen LogP contribution in [0.2, 0.25) is 0 Å². The van der Waals surface area contributed by atoms with Crippen LogP contribution in [0.25, 0.3) is 107 Å². The predicted molar refractivity (Wildman–Crippen MR) is 220 cm³/mol. The van der Waals surface area contributed by atoms with Crippen molar-refractivity contribution in [1.82, 2.24) is 0 Å². The number of benzene rings is 10. The lowest BCUT2D eigenvalue weighted by molar-refractivity contribution is 1.48. The first-order chi connectivity index (χ1) is 25.2. The van der Waals surface area contributed by atoms with E-state index in [1.807, 2.05) is 35.6 Å². The molecule has 11 rings (SSSR count). The summed E-state index contributed by atoms with van der Waals surface area (Å²) in [6.45, 7) is 0. The van der Waals surface area contributed by atoms with Gasteiger partial charge in [0.25, 0.3) is 0 Å². The summed E-state index contributed by atoms with van der Waals surface area (Å²) in [6, 6.07) is 62.0. The zero-order valence-electron chi connectivity index (χ0n) is 27.4. The lowest BCUT2D eigenvalue weighted by Crippen LogP contribution is -1.86. The number of nitrogens with zero attached hydrogens (tertiary/aromatic N) is 1. The third-order valence-corrected chi connectivity index (χ3v) is 12.0. The molecule has 2 heteroatoms. The Labute approximate surface area is 297 Å². The van der Waals surface area contributed by atoms with Gasteiger partial charge in [0.2, 0.25) is 0 Å². The molecule has 0 amide bonds. The van der Waals surface area contributed by atoms with Gasteiger partial charge in [-0.05, 0) is 124 Å². The lowest BCUT2D eigenvalue weighted by Gasteiger charge is -2.13. The van der Waals surface area contributed by atoms with E-state index >= 15 is 0 Å². The smallest absolute Gasteiger partial charge is 0.0991 e. The largest absolute Gasteiger partial charge is 0.192 e. The van der Waals surface area contributed by atoms with E-state index in [0.29, 0.717) is 5.56 Å². The zero-order chi connectivity index (χ0) is 33.6. The quantitative estimate of drug-likeness (QED) is 0.169. The minimum absolute atomic E-state index is 0.677. The van der Waals surface area contributed by atoms with Gasteiger partial charge in [-0.1, -0.05) is 121 Å². The second kappa shape index (κ2) is 10.7. The number of thiophene rings is 1. The molecule has 1 aromatic heterocycles. The van der Waals surface area contributed by atoms with Gasteiger partial charge >= 0.3 is 0 Å². The Hall–Kier alpha value is -6.53. The van der Waals surface area contributed by atoms with E-state index in [-0.39, 0.29) is 0 Å². The first kappa shape index (κ1) is 28.3. The van der Waals surface area contributed by atoms with E-state index in [1.54, 1.807) is 0 Å². The summed E-state index contributed by atoms with van der Waals surface area (Å²) in [5.74, 6) is 0. The molecule has 0 aliphatic rings. The van der Waals surface area contributed by atoms with Crippen molar-refractivity contribution in [2.75, 3.05) is 0 Å². The van der Waals surface area contributed by atoms with Crippen molar-refractivity contribution in [3.05, 3.63) is 169 Å². The van der Waals surface area contributed by atoms with E-state index in [2.05, 4.69) is 146 Å². The van der Waals surface area contributed by atoms with Gasteiger partial charge in [0, 0.05) is 25.6 Å². The predicted octanol–water partition coefficient (Wildman–Crippen LogP) is 14.2. The molecular formula is C49H27NS. The first-order valence-corrected chi connectivity index (χ1v) is 18.1. The zero-order valence-corrected chi connectivity index (χ0v) is 28.3. The van der Waals surface area contributed by atoms with Crippen molar-refractivity contribution in [1.29, 1.82) is 5.26 Å². The summed E-state index contributed by atoms with van der Waals surface area (Å²) in [5, 5.41) is 27.3. The molecule has 234 valence electrons. The van der Waals surface area contributed by atoms with Crippen LogP contribution in [-0.4, -0.2) is 0 Å². The number of rotatable bonds is 2. The van der Waals surface area contributed by atoms with Crippen molar-refractivity contribution < 1.29 is 0 Å². The summed E-state index contributed by atoms with van der Waals surface area (Å²) in [5.41, 5.74) is 5.36. The summed E-state index contributed by atoms with van der Waals surface area (Å²) < 4.78 is 2.69. The van der Waals surface area contributed by atoms with Gasteiger partial charge in [-0.2, -0.15) is 5.26 Å². The molecular weight excluding hydrogens is 635 g/mol. The highest BCUT2D eigenvalue weighted by Crippen LogP contribution is 2.47. The van der Waals surface area contributed by atoms with Crippen molar-refractivity contribution in [3.63, 3.8) is 0 Å². The Kier molecular flexibility index (Phi) is 5.96. The van der Waals surface area contributed by atoms with E-state index < -0.39 is 0 Å². The van der Waals surface area contributed by atoms with Crippen molar-refractivity contribution in [3.8, 4) is 28.3 Å². The van der Waals surface area contributed by atoms with Crippen molar-refractivity contribution in [2.45, 2.75) is 0 Å². The maximum atomic E-state index is 9.19. The molecule has 0 unspecified atom stereocenters. The Morgan fingerprint density at radius 3 is 1.49 bits per heavy atom. The third-order valence-electron chi connectivity index (χ3n) is 10.8. The summed E-state index contributed by atoms with van der Waals surface area (Å²) >= 11 is 1.92. The second-order valence-corrected chi connectivity index (χ2v) is 14.6. The van der Waals surface area contributed by atoms with Gasteiger partial charge < -0.3 is 0 Å². The Morgan fingerprint density at radius 1 is 0.353 bits per heavy atom. The standard InChI is InChI=1S/C49H27NS/c50-28-29-13-15-30(16-14-29)31-17-18-33-24-34(20-19-32(33)23-31)35-21-22-40-43(25-35)38-9-1-2-10-39(38)44-26-46-47(27-45(40)44)51-49-42-12-6-4-8-37(42)36-7-3-5-11-41(36)48(46)49/h1-27H. The van der Waals surface area contributed by atoms with Crippen LogP contribution in [0.1, 0.15) is 5.56 Å². The topological polar surface area (TPSA) is 23.8 Å². The maximum Gasteiger partial charge on any atom is 0.0991 e. The molecule has 0 aliphatic heterocycles. The van der Waals surface area contributed by atoms with Gasteiger partial charge in [0.05, 0.1) is 11.6 Å². The number of nitriles is 1. The summed E-state index contributed by atoms with van der Waals surface area (Å²) in [6.07, 6.45) is 0. The molecule has 0 bridgehead atoms. The normalized spacial score (nSPS) is 11.9. The first-order valence-electron chi connectivity index (χ1n) is 17.3. The molecule has 10 aromatic carbocycles. The Morgan fingerprint density at radius 2 is 0.824 bits per heavy atom. The van der Waals surface area contributed by atoms with Crippen LogP contribution in [-0.2, 0) is 0 Å². The number of hydrogen-bond donors (Lipinski definition) is 0. The van der Waals surface area contributed by atoms with Crippen LogP contribution < -0.4 is 0 Å². The van der Waals surface area contributed by atoms with Gasteiger partial charge in [0.1, 0.15) is 0 Å². The van der Waals surface area contributed by atoms with Crippen LogP contribution >= 0.6 is 11.3 Å². The molecule has 1 nitrogen and oxygen atoms in total. The van der Waals surface area contributed by atoms with E-state index in [0.717, 1.165) is 11.1 Å². The molecule has 0 saturated heterocycles. The Bertz CT molecular complexity index is 3300. The van der Waals surface area contributed by atoms with E-state index in [9.17, 15) is 5.26 Å². The molecule has 0 fully saturated rings. The van der Waals surface area contributed by atoms with Crippen LogP contribution in [0.3, 0.4) is 0 Å². The second-order valence-electron chi connectivity index (χ2n) is 13.6. The fourth-order valence-electron chi connectivity index (χ4n) is 8.37. The fourth-order valence-corrected chi connectivity index (χ4v) is 9.65. The molecule has 51 heavy (non-hydrogen) atoms. The molecule has 0 spiro atoms. The van der Waals surface area contributed by atoms with Crippen LogP contribution in [0, 0.1) is 11.3 Å².